The highest BCUT2D eigenvalue weighted by Crippen LogP contribution is 2.37. The number of hydrogen-bond donors (Lipinski definition) is 0. The van der Waals surface area contributed by atoms with Crippen LogP contribution in [0.5, 0.6) is 17.2 Å². The molecule has 0 amide bonds. The molecule has 0 aromatic heterocycles. The molecule has 0 aliphatic heterocycles. The minimum atomic E-state index is -0.501. The normalized spacial score (nSPS) is 11.4. The number of hydrogen-bond acceptors (Lipinski definition) is 6. The molecule has 0 bridgehead atoms. The molecular formula is C24H26O6. The number of carbonyl (C=O) groups excluding carboxylic acids is 3. The van der Waals surface area contributed by atoms with E-state index >= 15 is 0 Å². The summed E-state index contributed by atoms with van der Waals surface area (Å²) in [5, 5.41) is 0. The highest BCUT2D eigenvalue weighted by atomic mass is 16.6. The van der Waals surface area contributed by atoms with Crippen molar-refractivity contribution < 1.29 is 28.6 Å². The Bertz CT molecular complexity index is 970. The molecule has 2 rings (SSSR count). The predicted molar refractivity (Wildman–Crippen MR) is 114 cm³/mol. The summed E-state index contributed by atoms with van der Waals surface area (Å²) in [5.74, 6) is -0.483. The second kappa shape index (κ2) is 10.4. The minimum Gasteiger partial charge on any atom is -0.427 e. The van der Waals surface area contributed by atoms with Crippen LogP contribution in [0.2, 0.25) is 0 Å². The molecule has 158 valence electrons. The van der Waals surface area contributed by atoms with Crippen molar-refractivity contribution in [1.29, 1.82) is 0 Å². The van der Waals surface area contributed by atoms with Gasteiger partial charge in [0, 0.05) is 20.8 Å². The molecule has 6 nitrogen and oxygen atoms in total. The number of carbonyl (C=O) groups is 3. The summed E-state index contributed by atoms with van der Waals surface area (Å²) in [4.78, 5) is 34.0. The van der Waals surface area contributed by atoms with E-state index in [-0.39, 0.29) is 17.5 Å². The second-order valence-electron chi connectivity index (χ2n) is 6.63. The third-order valence-corrected chi connectivity index (χ3v) is 4.34. The van der Waals surface area contributed by atoms with Gasteiger partial charge in [-0.1, -0.05) is 32.0 Å². The maximum atomic E-state index is 11.5. The van der Waals surface area contributed by atoms with Crippen LogP contribution >= 0.6 is 0 Å². The van der Waals surface area contributed by atoms with Gasteiger partial charge < -0.3 is 14.2 Å². The summed E-state index contributed by atoms with van der Waals surface area (Å²) in [6, 6.07) is 12.5. The molecule has 0 spiro atoms. The molecule has 0 N–H and O–H groups in total. The van der Waals surface area contributed by atoms with E-state index in [0.29, 0.717) is 5.75 Å². The number of rotatable bonds is 7. The fourth-order valence-electron chi connectivity index (χ4n) is 3.24. The molecule has 0 saturated heterocycles. The van der Waals surface area contributed by atoms with Crippen LogP contribution in [0.25, 0.3) is 11.1 Å². The molecule has 0 aliphatic rings. The molecule has 0 fully saturated rings. The number of benzene rings is 2. The van der Waals surface area contributed by atoms with Crippen LogP contribution in [0.3, 0.4) is 0 Å². The molecule has 0 aliphatic carbocycles. The van der Waals surface area contributed by atoms with Crippen LogP contribution < -0.4 is 14.2 Å². The largest absolute Gasteiger partial charge is 0.427 e. The van der Waals surface area contributed by atoms with Crippen molar-refractivity contribution in [2.45, 2.75) is 47.5 Å². The Kier molecular flexibility index (Phi) is 7.92. The average molecular weight is 410 g/mol. The monoisotopic (exact) mass is 410 g/mol. The van der Waals surface area contributed by atoms with E-state index in [2.05, 4.69) is 6.92 Å². The summed E-state index contributed by atoms with van der Waals surface area (Å²) < 4.78 is 15.5. The van der Waals surface area contributed by atoms with Crippen molar-refractivity contribution >= 4 is 29.1 Å². The molecule has 0 radical (unpaired) electrons. The zero-order chi connectivity index (χ0) is 22.3. The second-order valence-corrected chi connectivity index (χ2v) is 6.63. The van der Waals surface area contributed by atoms with Gasteiger partial charge in [-0.25, -0.2) is 0 Å². The fraction of sp³-hybridized carbons (Fsp3) is 0.292. The van der Waals surface area contributed by atoms with Gasteiger partial charge in [0.2, 0.25) is 0 Å². The van der Waals surface area contributed by atoms with Crippen molar-refractivity contribution in [2.75, 3.05) is 0 Å². The fourth-order valence-corrected chi connectivity index (χ4v) is 3.24. The standard InChI is InChI=1S/C24H26O6/c1-6-21(18-8-11-20(12-9-18)28-15(3)25)22(7-2)19-10-13-23(29-16(4)26)24(14-19)30-17(5)27/h8-14H,6-7H2,1-5H3. The number of allylic oxidation sites excluding steroid dienone is 2. The van der Waals surface area contributed by atoms with Gasteiger partial charge in [-0.05, 0) is 59.4 Å². The average Bonchev–Trinajstić information content (AvgIpc) is 2.67. The Hall–Kier alpha value is -3.41. The molecule has 2 aromatic rings. The van der Waals surface area contributed by atoms with Gasteiger partial charge in [0.1, 0.15) is 5.75 Å². The van der Waals surface area contributed by atoms with Gasteiger partial charge in [0.25, 0.3) is 0 Å². The van der Waals surface area contributed by atoms with Crippen molar-refractivity contribution in [3.63, 3.8) is 0 Å². The van der Waals surface area contributed by atoms with Gasteiger partial charge in [0.05, 0.1) is 0 Å². The highest BCUT2D eigenvalue weighted by molar-refractivity contribution is 5.91. The summed E-state index contributed by atoms with van der Waals surface area (Å²) in [6.45, 7) is 8.05. The number of esters is 3. The van der Waals surface area contributed by atoms with Crippen LogP contribution in [0, 0.1) is 0 Å². The Morgan fingerprint density at radius 3 is 1.60 bits per heavy atom. The topological polar surface area (TPSA) is 78.9 Å². The van der Waals surface area contributed by atoms with E-state index in [1.54, 1.807) is 24.3 Å². The van der Waals surface area contributed by atoms with E-state index < -0.39 is 11.9 Å². The van der Waals surface area contributed by atoms with Gasteiger partial charge in [-0.3, -0.25) is 14.4 Å². The first kappa shape index (κ1) is 22.9. The molecule has 30 heavy (non-hydrogen) atoms. The van der Waals surface area contributed by atoms with E-state index in [1.165, 1.54) is 20.8 Å². The Balaban J connectivity index is 2.53. The summed E-state index contributed by atoms with van der Waals surface area (Å²) in [6.07, 6.45) is 1.51. The lowest BCUT2D eigenvalue weighted by molar-refractivity contribution is -0.134. The lowest BCUT2D eigenvalue weighted by Crippen LogP contribution is -2.07. The summed E-state index contributed by atoms with van der Waals surface area (Å²) in [7, 11) is 0. The van der Waals surface area contributed by atoms with Crippen LogP contribution in [0.4, 0.5) is 0 Å². The van der Waals surface area contributed by atoms with Gasteiger partial charge in [0.15, 0.2) is 11.5 Å². The van der Waals surface area contributed by atoms with E-state index in [1.807, 2.05) is 25.1 Å². The van der Waals surface area contributed by atoms with Crippen LogP contribution in [0.15, 0.2) is 42.5 Å². The Morgan fingerprint density at radius 1 is 0.633 bits per heavy atom. The number of ether oxygens (including phenoxy) is 3. The third-order valence-electron chi connectivity index (χ3n) is 4.34. The Labute approximate surface area is 176 Å². The maximum Gasteiger partial charge on any atom is 0.308 e. The first-order valence-corrected chi connectivity index (χ1v) is 9.77. The minimum absolute atomic E-state index is 0.195. The molecule has 0 atom stereocenters. The van der Waals surface area contributed by atoms with E-state index in [9.17, 15) is 14.4 Å². The molecule has 2 aromatic carbocycles. The van der Waals surface area contributed by atoms with Crippen LogP contribution in [-0.4, -0.2) is 17.9 Å². The quantitative estimate of drug-likeness (QED) is 0.355. The molecule has 0 heterocycles. The zero-order valence-corrected chi connectivity index (χ0v) is 17.9. The van der Waals surface area contributed by atoms with Crippen molar-refractivity contribution in [2.24, 2.45) is 0 Å². The van der Waals surface area contributed by atoms with Gasteiger partial charge in [-0.2, -0.15) is 0 Å². The molecule has 0 saturated carbocycles. The van der Waals surface area contributed by atoms with Gasteiger partial charge >= 0.3 is 17.9 Å². The SMILES string of the molecule is CCC(=C(CC)c1ccc(OC(C)=O)c(OC(C)=O)c1)c1ccc(OC(C)=O)cc1. The third kappa shape index (κ3) is 6.04. The summed E-state index contributed by atoms with van der Waals surface area (Å²) in [5.41, 5.74) is 4.05. The Morgan fingerprint density at radius 2 is 1.10 bits per heavy atom. The smallest absolute Gasteiger partial charge is 0.308 e. The molecule has 0 unspecified atom stereocenters. The highest BCUT2D eigenvalue weighted by Gasteiger charge is 2.15. The first-order chi connectivity index (χ1) is 14.2. The van der Waals surface area contributed by atoms with Crippen molar-refractivity contribution in [3.8, 4) is 17.2 Å². The van der Waals surface area contributed by atoms with E-state index in [0.717, 1.165) is 35.1 Å². The zero-order valence-electron chi connectivity index (χ0n) is 17.9. The van der Waals surface area contributed by atoms with E-state index in [4.69, 9.17) is 14.2 Å². The first-order valence-electron chi connectivity index (χ1n) is 9.77. The lowest BCUT2D eigenvalue weighted by Gasteiger charge is -2.16. The summed E-state index contributed by atoms with van der Waals surface area (Å²) >= 11 is 0. The molecule has 6 heteroatoms. The van der Waals surface area contributed by atoms with Gasteiger partial charge in [-0.15, -0.1) is 0 Å². The van der Waals surface area contributed by atoms with Crippen molar-refractivity contribution in [3.05, 3.63) is 53.6 Å². The van der Waals surface area contributed by atoms with Crippen LogP contribution in [0.1, 0.15) is 58.6 Å². The lowest BCUT2D eigenvalue weighted by atomic mass is 9.91. The maximum absolute atomic E-state index is 11.5. The predicted octanol–water partition coefficient (Wildman–Crippen LogP) is 5.19. The van der Waals surface area contributed by atoms with Crippen LogP contribution in [-0.2, 0) is 14.4 Å². The molecular weight excluding hydrogens is 384 g/mol. The van der Waals surface area contributed by atoms with Crippen molar-refractivity contribution in [1.82, 2.24) is 0 Å².